The van der Waals surface area contributed by atoms with Gasteiger partial charge in [0.05, 0.1) is 90.8 Å². The smallest absolute Gasteiger partial charge is 0.471 e. The predicted octanol–water partition coefficient (Wildman–Crippen LogP) is -1.73. The van der Waals surface area contributed by atoms with E-state index in [4.69, 9.17) is 18.7 Å². The highest BCUT2D eigenvalue weighted by Crippen LogP contribution is 2.42. The number of carboxylic acid groups (broad SMARTS) is 9. The molecule has 0 saturated carbocycles. The van der Waals surface area contributed by atoms with Gasteiger partial charge in [-0.1, -0.05) is 12.8 Å². The number of rotatable bonds is 62. The Bertz CT molecular complexity index is 2450. The van der Waals surface area contributed by atoms with E-state index >= 15 is 0 Å². The molecule has 5 atom stereocenters. The summed E-state index contributed by atoms with van der Waals surface area (Å²) in [5.74, 6) is -16.1. The van der Waals surface area contributed by atoms with Crippen molar-refractivity contribution in [1.82, 2.24) is 40.9 Å². The van der Waals surface area contributed by atoms with Crippen molar-refractivity contribution in [1.29, 1.82) is 0 Å². The van der Waals surface area contributed by atoms with E-state index in [-0.39, 0.29) is 136 Å². The van der Waals surface area contributed by atoms with Gasteiger partial charge in [0.1, 0.15) is 23.7 Å². The Labute approximate surface area is 567 Å². The molecule has 1 heterocycles. The molecule has 1 aliphatic heterocycles. The van der Waals surface area contributed by atoms with Crippen LogP contribution in [0.1, 0.15) is 116 Å². The van der Waals surface area contributed by atoms with Crippen LogP contribution in [-0.2, 0) is 99.7 Å². The van der Waals surface area contributed by atoms with Crippen molar-refractivity contribution >= 4 is 109 Å². The van der Waals surface area contributed by atoms with Crippen LogP contribution in [0.2, 0.25) is 0 Å². The first-order valence-electron chi connectivity index (χ1n) is 31.3. The normalized spacial score (nSPS) is 15.2. The highest BCUT2D eigenvalue weighted by molar-refractivity contribution is 8.00. The SMILES string of the molecule is COP(=O)(O)OCCCCCCSC1CC(=O)N(CCC(=O)NC(COCCC(=O)NCCCCC(C(=O)O)N(CC(=O)O)CC(=O)O)(COCCC(=O)NCCCCC(C(=O)O)N(CC(=O)O)CC(=O)O)COCCC(=O)NCCCCC(C(=O)O)N(CC(=O)O)CC(=O)O)C1=O. The van der Waals surface area contributed by atoms with Gasteiger partial charge in [-0.15, -0.1) is 11.8 Å². The number of unbranched alkanes of at least 4 members (excludes halogenated alkanes) is 6. The number of carboxylic acids is 9. The molecule has 0 aliphatic carbocycles. The molecule has 0 radical (unpaired) electrons. The Hall–Kier alpha value is -7.53. The molecule has 1 rings (SSSR count). The van der Waals surface area contributed by atoms with E-state index in [0.717, 1.165) is 26.7 Å². The summed E-state index contributed by atoms with van der Waals surface area (Å²) in [6.45, 7) is -8.08. The Balaban J connectivity index is 3.34. The second-order valence-electron chi connectivity index (χ2n) is 22.5. The van der Waals surface area contributed by atoms with Gasteiger partial charge < -0.3 is 86.3 Å². The van der Waals surface area contributed by atoms with Crippen LogP contribution in [0.25, 0.3) is 0 Å². The van der Waals surface area contributed by atoms with Gasteiger partial charge in [0.15, 0.2) is 0 Å². The number of amides is 6. The third-order valence-electron chi connectivity index (χ3n) is 14.5. The van der Waals surface area contributed by atoms with Gasteiger partial charge in [0, 0.05) is 65.4 Å². The Morgan fingerprint density at radius 1 is 0.500 bits per heavy atom. The third kappa shape index (κ3) is 40.4. The summed E-state index contributed by atoms with van der Waals surface area (Å²) in [7, 11) is -3.07. The summed E-state index contributed by atoms with van der Waals surface area (Å²) < 4.78 is 38.5. The number of carbonyl (C=O) groups is 15. The van der Waals surface area contributed by atoms with Crippen molar-refractivity contribution in [3.8, 4) is 0 Å². The maximum atomic E-state index is 14.0. The summed E-state index contributed by atoms with van der Waals surface area (Å²) in [4.78, 5) is 196. The largest absolute Gasteiger partial charge is 0.480 e. The number of nitrogens with one attached hydrogen (secondary N) is 4. The van der Waals surface area contributed by atoms with Gasteiger partial charge in [-0.05, 0) is 76.4 Å². The number of nitrogens with zero attached hydrogens (tertiary/aromatic N) is 4. The second-order valence-corrected chi connectivity index (χ2v) is 25.4. The van der Waals surface area contributed by atoms with Crippen LogP contribution in [0.3, 0.4) is 0 Å². The molecular weight excluding hydrogens is 1360 g/mol. The molecule has 5 unspecified atom stereocenters. The molecule has 1 aliphatic rings. The number of imide groups is 1. The molecular formula is C57H93N8O31PS. The van der Waals surface area contributed by atoms with Crippen LogP contribution in [0.15, 0.2) is 0 Å². The summed E-state index contributed by atoms with van der Waals surface area (Å²) >= 11 is 1.25. The molecule has 41 heteroatoms. The van der Waals surface area contributed by atoms with Crippen molar-refractivity contribution in [3.63, 3.8) is 0 Å². The van der Waals surface area contributed by atoms with Crippen molar-refractivity contribution in [2.45, 2.75) is 144 Å². The monoisotopic (exact) mass is 1450 g/mol. The van der Waals surface area contributed by atoms with E-state index in [1.165, 1.54) is 11.8 Å². The zero-order chi connectivity index (χ0) is 73.8. The van der Waals surface area contributed by atoms with Gasteiger partial charge in [-0.3, -0.25) is 101 Å². The van der Waals surface area contributed by atoms with Crippen LogP contribution < -0.4 is 21.3 Å². The van der Waals surface area contributed by atoms with E-state index in [9.17, 15) is 127 Å². The Kier molecular flexibility index (Phi) is 44.3. The summed E-state index contributed by atoms with van der Waals surface area (Å²) in [5.41, 5.74) is -1.74. The molecule has 39 nitrogen and oxygen atoms in total. The van der Waals surface area contributed by atoms with Crippen LogP contribution in [0, 0.1) is 0 Å². The molecule has 1 saturated heterocycles. The van der Waals surface area contributed by atoms with Crippen molar-refractivity contribution in [2.24, 2.45) is 0 Å². The number of thioether (sulfide) groups is 1. The number of ether oxygens (including phenoxy) is 3. The topological polar surface area (TPSA) is 583 Å². The van der Waals surface area contributed by atoms with Crippen molar-refractivity contribution < 1.29 is 151 Å². The number of carbonyl (C=O) groups excluding carboxylic acids is 6. The van der Waals surface area contributed by atoms with Gasteiger partial charge in [0.2, 0.25) is 35.4 Å². The van der Waals surface area contributed by atoms with E-state index in [1.807, 2.05) is 0 Å². The number of hydrogen-bond donors (Lipinski definition) is 14. The maximum Gasteiger partial charge on any atom is 0.471 e. The molecule has 0 aromatic carbocycles. The molecule has 98 heavy (non-hydrogen) atoms. The molecule has 0 spiro atoms. The van der Waals surface area contributed by atoms with Gasteiger partial charge in [-0.25, -0.2) is 4.57 Å². The zero-order valence-electron chi connectivity index (χ0n) is 54.5. The minimum absolute atomic E-state index is 0.00112. The lowest BCUT2D eigenvalue weighted by Gasteiger charge is -2.34. The number of hydrogen-bond acceptors (Lipinski definition) is 25. The molecule has 14 N–H and O–H groups in total. The van der Waals surface area contributed by atoms with E-state index in [2.05, 4.69) is 25.8 Å². The van der Waals surface area contributed by atoms with E-state index < -0.39 is 191 Å². The molecule has 0 aromatic rings. The molecule has 0 bridgehead atoms. The van der Waals surface area contributed by atoms with Crippen molar-refractivity contribution in [2.75, 3.05) is 125 Å². The minimum Gasteiger partial charge on any atom is -0.480 e. The van der Waals surface area contributed by atoms with E-state index in [0.29, 0.717) is 31.4 Å². The third-order valence-corrected chi connectivity index (χ3v) is 16.7. The van der Waals surface area contributed by atoms with Gasteiger partial charge in [-0.2, -0.15) is 0 Å². The van der Waals surface area contributed by atoms with E-state index in [1.54, 1.807) is 0 Å². The lowest BCUT2D eigenvalue weighted by molar-refractivity contribution is -0.152. The lowest BCUT2D eigenvalue weighted by Crippen LogP contribution is -2.59. The molecule has 6 amide bonds. The van der Waals surface area contributed by atoms with Gasteiger partial charge in [0.25, 0.3) is 0 Å². The predicted molar refractivity (Wildman–Crippen MR) is 336 cm³/mol. The fourth-order valence-electron chi connectivity index (χ4n) is 9.73. The summed E-state index contributed by atoms with van der Waals surface area (Å²) in [6, 6.07) is -4.40. The second kappa shape index (κ2) is 49.1. The van der Waals surface area contributed by atoms with Crippen LogP contribution in [-0.4, -0.2) is 313 Å². The quantitative estimate of drug-likeness (QED) is 0.0183. The number of phosphoric acid groups is 1. The Morgan fingerprint density at radius 3 is 1.17 bits per heavy atom. The summed E-state index contributed by atoms with van der Waals surface area (Å²) in [6.07, 6.45) is 1.25. The Morgan fingerprint density at radius 2 is 0.847 bits per heavy atom. The maximum absolute atomic E-state index is 14.0. The van der Waals surface area contributed by atoms with Crippen LogP contribution >= 0.6 is 19.6 Å². The van der Waals surface area contributed by atoms with Crippen LogP contribution in [0.4, 0.5) is 0 Å². The lowest BCUT2D eigenvalue weighted by atomic mass is 10.0. The zero-order valence-corrected chi connectivity index (χ0v) is 56.2. The highest BCUT2D eigenvalue weighted by Gasteiger charge is 2.40. The average molecular weight is 1450 g/mol. The fraction of sp³-hybridized carbons (Fsp3) is 0.737. The molecule has 1 fully saturated rings. The number of phosphoric ester groups is 1. The summed E-state index contributed by atoms with van der Waals surface area (Å²) in [5, 5.41) is 94.2. The number of likely N-dealkylation sites (tertiary alicyclic amines) is 1. The first kappa shape index (κ1) is 88.5. The van der Waals surface area contributed by atoms with Gasteiger partial charge >= 0.3 is 61.5 Å². The number of aliphatic carboxylic acids is 9. The molecule has 558 valence electrons. The van der Waals surface area contributed by atoms with Crippen molar-refractivity contribution in [3.05, 3.63) is 0 Å². The standard InChI is InChI=1S/C57H93N8O31PS/c1-92-97(90,91)96-23-10-2-3-11-27-98-41-28-46(70)65(53(41)83)22-15-45(69)61-57(35-93-24-16-42(66)58-19-7-4-12-38(54(84)85)62(29-47(71)72)30-48(73)74,36-94-25-17-43(67)59-20-8-5-13-39(55(86)87)63(31-49(75)76)32-50(77)78)37-95-26-18-44(68)60-21-9-6-14-40(56(88)89)64(33-51(79)80)34-52(81)82/h38-41H,2-37H2,1H3,(H,58,66)(H,59,67)(H,60,68)(H,61,69)(H,71,72)(H,73,74)(H,75,76)(H,77,78)(H,79,80)(H,81,82)(H,84,85)(H,86,87)(H,88,89)(H,90,91). The first-order chi connectivity index (χ1) is 46.2. The first-order valence-corrected chi connectivity index (χ1v) is 33.8. The average Bonchev–Trinajstić information content (AvgIpc) is 1.66. The van der Waals surface area contributed by atoms with Crippen LogP contribution in [0.5, 0.6) is 0 Å². The minimum atomic E-state index is -4.11. The molecule has 0 aromatic heterocycles. The highest BCUT2D eigenvalue weighted by atomic mass is 32.2. The fourth-order valence-corrected chi connectivity index (χ4v) is 11.4.